The van der Waals surface area contributed by atoms with E-state index in [0.717, 1.165) is 17.4 Å². The van der Waals surface area contributed by atoms with Crippen molar-refractivity contribution in [2.75, 3.05) is 50.2 Å². The number of nitrogens with one attached hydrogen (secondary N) is 1. The predicted molar refractivity (Wildman–Crippen MR) is 113 cm³/mol. The molecule has 0 atom stereocenters. The van der Waals surface area contributed by atoms with E-state index in [4.69, 9.17) is 16.3 Å². The van der Waals surface area contributed by atoms with E-state index in [1.165, 1.54) is 12.1 Å². The summed E-state index contributed by atoms with van der Waals surface area (Å²) in [5.74, 6) is -0.391. The van der Waals surface area contributed by atoms with Crippen LogP contribution in [0.1, 0.15) is 0 Å². The Balaban J connectivity index is 1.73. The van der Waals surface area contributed by atoms with E-state index in [2.05, 4.69) is 10.2 Å². The Morgan fingerprint density at radius 1 is 1.07 bits per heavy atom. The van der Waals surface area contributed by atoms with Gasteiger partial charge in [-0.05, 0) is 24.3 Å². The molecule has 9 heteroatoms. The van der Waals surface area contributed by atoms with Crippen molar-refractivity contribution in [3.63, 3.8) is 0 Å². The summed E-state index contributed by atoms with van der Waals surface area (Å²) < 4.78 is 32.8. The van der Waals surface area contributed by atoms with Crippen LogP contribution < -0.4 is 9.62 Å². The number of carbonyl (C=O) groups is 1. The Hall–Kier alpha value is -2.13. The second-order valence-electron chi connectivity index (χ2n) is 6.58. The molecule has 1 amide bonds. The number of hydrogen-bond donors (Lipinski definition) is 1. The average Bonchev–Trinajstić information content (AvgIpc) is 2.74. The van der Waals surface area contributed by atoms with Crippen LogP contribution >= 0.6 is 11.6 Å². The number of halogens is 1. The highest BCUT2D eigenvalue weighted by Crippen LogP contribution is 2.30. The zero-order valence-corrected chi connectivity index (χ0v) is 17.5. The maximum Gasteiger partial charge on any atom is 0.264 e. The molecule has 1 saturated heterocycles. The third-order valence-corrected chi connectivity index (χ3v) is 6.69. The first-order valence-electron chi connectivity index (χ1n) is 9.37. The van der Waals surface area contributed by atoms with Crippen LogP contribution in [0.25, 0.3) is 0 Å². The Bertz CT molecular complexity index is 918. The minimum Gasteiger partial charge on any atom is -0.379 e. The molecule has 156 valence electrons. The lowest BCUT2D eigenvalue weighted by Gasteiger charge is -2.27. The molecule has 29 heavy (non-hydrogen) atoms. The summed E-state index contributed by atoms with van der Waals surface area (Å²) in [6.45, 7) is 3.78. The molecule has 3 rings (SSSR count). The van der Waals surface area contributed by atoms with Crippen molar-refractivity contribution >= 4 is 33.2 Å². The van der Waals surface area contributed by atoms with Crippen molar-refractivity contribution < 1.29 is 17.9 Å². The third-order valence-electron chi connectivity index (χ3n) is 4.59. The fourth-order valence-corrected chi connectivity index (χ4v) is 4.79. The van der Waals surface area contributed by atoms with Gasteiger partial charge in [0.15, 0.2) is 0 Å². The molecular formula is C20H24ClN3O4S. The van der Waals surface area contributed by atoms with Crippen LogP contribution in [0, 0.1) is 0 Å². The zero-order chi connectivity index (χ0) is 20.7. The lowest BCUT2D eigenvalue weighted by molar-refractivity contribution is -0.119. The maximum atomic E-state index is 13.2. The molecule has 1 fully saturated rings. The van der Waals surface area contributed by atoms with Gasteiger partial charge in [-0.25, -0.2) is 8.42 Å². The normalized spacial score (nSPS) is 15.1. The number of sulfonamides is 1. The molecule has 0 aliphatic carbocycles. The van der Waals surface area contributed by atoms with Crippen LogP contribution in [0.5, 0.6) is 0 Å². The van der Waals surface area contributed by atoms with Gasteiger partial charge in [0, 0.05) is 26.2 Å². The van der Waals surface area contributed by atoms with Crippen LogP contribution in [-0.4, -0.2) is 65.2 Å². The maximum absolute atomic E-state index is 13.2. The molecule has 0 aromatic heterocycles. The summed E-state index contributed by atoms with van der Waals surface area (Å²) in [7, 11) is -3.96. The predicted octanol–water partition coefficient (Wildman–Crippen LogP) is 1.98. The van der Waals surface area contributed by atoms with Crippen LogP contribution in [0.4, 0.5) is 5.69 Å². The zero-order valence-electron chi connectivity index (χ0n) is 16.0. The van der Waals surface area contributed by atoms with Gasteiger partial charge in [-0.15, -0.1) is 0 Å². The van der Waals surface area contributed by atoms with Gasteiger partial charge in [-0.3, -0.25) is 14.0 Å². The van der Waals surface area contributed by atoms with Crippen molar-refractivity contribution in [1.82, 2.24) is 10.2 Å². The number of morpholine rings is 1. The van der Waals surface area contributed by atoms with Gasteiger partial charge in [0.25, 0.3) is 10.0 Å². The van der Waals surface area contributed by atoms with Gasteiger partial charge in [-0.1, -0.05) is 41.9 Å². The topological polar surface area (TPSA) is 79.0 Å². The molecule has 2 aromatic rings. The smallest absolute Gasteiger partial charge is 0.264 e. The van der Waals surface area contributed by atoms with Crippen molar-refractivity contribution in [1.29, 1.82) is 0 Å². The number of para-hydroxylation sites is 1. The number of ether oxygens (including phenoxy) is 1. The first kappa shape index (κ1) is 21.6. The van der Waals surface area contributed by atoms with E-state index in [-0.39, 0.29) is 22.2 Å². The molecule has 1 heterocycles. The fraction of sp³-hybridized carbons (Fsp3) is 0.350. The quantitative estimate of drug-likeness (QED) is 0.683. The van der Waals surface area contributed by atoms with Crippen molar-refractivity contribution in [3.05, 3.63) is 59.6 Å². The Kier molecular flexibility index (Phi) is 7.49. The molecule has 1 aliphatic heterocycles. The van der Waals surface area contributed by atoms with E-state index in [1.807, 2.05) is 0 Å². The van der Waals surface area contributed by atoms with E-state index < -0.39 is 15.9 Å². The summed E-state index contributed by atoms with van der Waals surface area (Å²) >= 11 is 6.25. The van der Waals surface area contributed by atoms with Gasteiger partial charge in [0.05, 0.1) is 28.8 Å². The first-order valence-corrected chi connectivity index (χ1v) is 11.2. The van der Waals surface area contributed by atoms with Gasteiger partial charge >= 0.3 is 0 Å². The van der Waals surface area contributed by atoms with Gasteiger partial charge in [-0.2, -0.15) is 0 Å². The van der Waals surface area contributed by atoms with Crippen LogP contribution in [0.2, 0.25) is 5.02 Å². The number of nitrogens with zero attached hydrogens (tertiary/aromatic N) is 2. The monoisotopic (exact) mass is 437 g/mol. The number of hydrogen-bond acceptors (Lipinski definition) is 5. The molecule has 2 aromatic carbocycles. The number of benzene rings is 2. The van der Waals surface area contributed by atoms with E-state index in [0.29, 0.717) is 26.3 Å². The molecule has 1 aliphatic rings. The SMILES string of the molecule is O=C(CN(c1ccccc1Cl)S(=O)(=O)c1ccccc1)NCCN1CCOCC1. The standard InChI is InChI=1S/C20H24ClN3O4S/c21-18-8-4-5-9-19(18)24(29(26,27)17-6-2-1-3-7-17)16-20(25)22-10-11-23-12-14-28-15-13-23/h1-9H,10-16H2,(H,22,25). The van der Waals surface area contributed by atoms with Crippen molar-refractivity contribution in [2.24, 2.45) is 0 Å². The van der Waals surface area contributed by atoms with E-state index in [9.17, 15) is 13.2 Å². The fourth-order valence-electron chi connectivity index (χ4n) is 3.04. The van der Waals surface area contributed by atoms with Crippen molar-refractivity contribution in [3.8, 4) is 0 Å². The molecule has 0 radical (unpaired) electrons. The molecule has 0 spiro atoms. The van der Waals surface area contributed by atoms with Gasteiger partial charge < -0.3 is 10.1 Å². The largest absolute Gasteiger partial charge is 0.379 e. The van der Waals surface area contributed by atoms with E-state index >= 15 is 0 Å². The molecular weight excluding hydrogens is 414 g/mol. The minimum absolute atomic E-state index is 0.0982. The molecule has 1 N–H and O–H groups in total. The van der Waals surface area contributed by atoms with Crippen molar-refractivity contribution in [2.45, 2.75) is 4.90 Å². The Morgan fingerprint density at radius 3 is 2.41 bits per heavy atom. The summed E-state index contributed by atoms with van der Waals surface area (Å²) in [6, 6.07) is 14.6. The lowest BCUT2D eigenvalue weighted by Crippen LogP contribution is -2.45. The summed E-state index contributed by atoms with van der Waals surface area (Å²) in [5, 5.41) is 3.06. The second-order valence-corrected chi connectivity index (χ2v) is 8.85. The summed E-state index contributed by atoms with van der Waals surface area (Å²) in [5.41, 5.74) is 0.265. The lowest BCUT2D eigenvalue weighted by atomic mass is 10.3. The highest BCUT2D eigenvalue weighted by atomic mass is 35.5. The molecule has 0 unspecified atom stereocenters. The first-order chi connectivity index (χ1) is 14.0. The Labute approximate surface area is 176 Å². The summed E-state index contributed by atoms with van der Waals surface area (Å²) in [6.07, 6.45) is 0. The van der Waals surface area contributed by atoms with Crippen LogP contribution in [0.15, 0.2) is 59.5 Å². The van der Waals surface area contributed by atoms with Crippen LogP contribution in [0.3, 0.4) is 0 Å². The molecule has 0 saturated carbocycles. The molecule has 0 bridgehead atoms. The van der Waals surface area contributed by atoms with Gasteiger partial charge in [0.1, 0.15) is 6.54 Å². The van der Waals surface area contributed by atoms with Crippen LogP contribution in [-0.2, 0) is 19.6 Å². The second kappa shape index (κ2) is 10.1. The summed E-state index contributed by atoms with van der Waals surface area (Å²) in [4.78, 5) is 14.8. The average molecular weight is 438 g/mol. The minimum atomic E-state index is -3.96. The number of amides is 1. The Morgan fingerprint density at radius 2 is 1.72 bits per heavy atom. The number of carbonyl (C=O) groups excluding carboxylic acids is 1. The third kappa shape index (κ3) is 5.70. The highest BCUT2D eigenvalue weighted by molar-refractivity contribution is 7.92. The van der Waals surface area contributed by atoms with Gasteiger partial charge in [0.2, 0.25) is 5.91 Å². The number of rotatable bonds is 8. The van der Waals surface area contributed by atoms with E-state index in [1.54, 1.807) is 42.5 Å². The molecule has 7 nitrogen and oxygen atoms in total. The highest BCUT2D eigenvalue weighted by Gasteiger charge is 2.28. The number of anilines is 1.